The molecule has 1 aliphatic heterocycles. The molecule has 7 heteroatoms. The normalized spacial score (nSPS) is 12.3. The lowest BCUT2D eigenvalue weighted by atomic mass is 10.1. The number of rotatable bonds is 2. The van der Waals surface area contributed by atoms with Crippen molar-refractivity contribution in [2.75, 3.05) is 5.32 Å². The zero-order chi connectivity index (χ0) is 15.0. The number of anilines is 1. The predicted octanol–water partition coefficient (Wildman–Crippen LogP) is 3.96. The lowest BCUT2D eigenvalue weighted by molar-refractivity contribution is 0.0259. The first kappa shape index (κ1) is 14.4. The number of amides is 1. The van der Waals surface area contributed by atoms with E-state index in [0.717, 1.165) is 10.0 Å². The van der Waals surface area contributed by atoms with Gasteiger partial charge in [0.05, 0.1) is 11.3 Å². The number of carbonyl (C=O) groups excluding carboxylic acids is 1. The second-order valence-electron chi connectivity index (χ2n) is 4.46. The Hall–Kier alpha value is -1.57. The van der Waals surface area contributed by atoms with Crippen molar-refractivity contribution in [1.82, 2.24) is 5.64 Å². The third kappa shape index (κ3) is 2.76. The highest BCUT2D eigenvalue weighted by Crippen LogP contribution is 2.36. The van der Waals surface area contributed by atoms with Crippen molar-refractivity contribution in [3.63, 3.8) is 0 Å². The number of hydrogen-bond acceptors (Lipinski definition) is 4. The Morgan fingerprint density at radius 1 is 1.19 bits per heavy atom. The van der Waals surface area contributed by atoms with Crippen molar-refractivity contribution < 1.29 is 14.5 Å². The zero-order valence-corrected chi connectivity index (χ0v) is 14.0. The fraction of sp³-hybridized carbons (Fsp3) is 0.0714. The van der Waals surface area contributed by atoms with Gasteiger partial charge in [0.15, 0.2) is 11.5 Å². The number of fused-ring (bicyclic) bond motifs is 1. The van der Waals surface area contributed by atoms with Crippen LogP contribution in [0.1, 0.15) is 15.9 Å². The summed E-state index contributed by atoms with van der Waals surface area (Å²) < 4.78 is 1.48. The van der Waals surface area contributed by atoms with E-state index in [1.807, 2.05) is 25.1 Å². The molecule has 21 heavy (non-hydrogen) atoms. The molecule has 5 nitrogen and oxygen atoms in total. The van der Waals surface area contributed by atoms with Crippen LogP contribution in [0.2, 0.25) is 0 Å². The largest absolute Gasteiger partial charge is 0.370 e. The second kappa shape index (κ2) is 5.67. The molecule has 0 saturated carbocycles. The summed E-state index contributed by atoms with van der Waals surface area (Å²) in [5.41, 5.74) is 4.49. The van der Waals surface area contributed by atoms with E-state index in [9.17, 15) is 4.79 Å². The average Bonchev–Trinajstić information content (AvgIpc) is 2.90. The molecule has 0 aromatic heterocycles. The van der Waals surface area contributed by atoms with Gasteiger partial charge in [-0.3, -0.25) is 4.79 Å². The van der Waals surface area contributed by atoms with Gasteiger partial charge in [-0.05, 0) is 50.4 Å². The van der Waals surface area contributed by atoms with Crippen LogP contribution in [0, 0.1) is 6.92 Å². The minimum Gasteiger partial charge on any atom is -0.370 e. The highest BCUT2D eigenvalue weighted by Gasteiger charge is 2.21. The monoisotopic (exact) mass is 412 g/mol. The van der Waals surface area contributed by atoms with Crippen molar-refractivity contribution in [3.8, 4) is 11.5 Å². The molecule has 1 aliphatic rings. The molecule has 0 radical (unpaired) electrons. The summed E-state index contributed by atoms with van der Waals surface area (Å²) in [4.78, 5) is 22.5. The number of carbonyl (C=O) groups is 1. The third-order valence-electron chi connectivity index (χ3n) is 3.02. The van der Waals surface area contributed by atoms with Gasteiger partial charge in [-0.1, -0.05) is 12.1 Å². The summed E-state index contributed by atoms with van der Waals surface area (Å²) in [6.07, 6.45) is 0. The fourth-order valence-corrected chi connectivity index (χ4v) is 2.78. The third-order valence-corrected chi connectivity index (χ3v) is 4.73. The van der Waals surface area contributed by atoms with E-state index in [2.05, 4.69) is 42.8 Å². The maximum absolute atomic E-state index is 12.4. The van der Waals surface area contributed by atoms with Crippen LogP contribution < -0.4 is 20.6 Å². The molecule has 0 unspecified atom stereocenters. The van der Waals surface area contributed by atoms with Gasteiger partial charge < -0.3 is 15.0 Å². The summed E-state index contributed by atoms with van der Waals surface area (Å²) in [6.45, 7) is 1.96. The van der Waals surface area contributed by atoms with Crippen molar-refractivity contribution in [1.29, 1.82) is 0 Å². The van der Waals surface area contributed by atoms with E-state index in [0.29, 0.717) is 27.2 Å². The summed E-state index contributed by atoms with van der Waals surface area (Å²) in [7, 11) is 0. The van der Waals surface area contributed by atoms with Crippen molar-refractivity contribution >= 4 is 43.5 Å². The number of benzene rings is 2. The topological polar surface area (TPSA) is 59.6 Å². The van der Waals surface area contributed by atoms with Crippen LogP contribution in [0.4, 0.5) is 5.69 Å². The van der Waals surface area contributed by atoms with Crippen molar-refractivity contribution in [2.24, 2.45) is 0 Å². The van der Waals surface area contributed by atoms with Gasteiger partial charge in [0, 0.05) is 26.7 Å². The zero-order valence-electron chi connectivity index (χ0n) is 10.9. The lowest BCUT2D eigenvalue weighted by Gasteiger charge is -2.10. The molecule has 0 aliphatic carbocycles. The van der Waals surface area contributed by atoms with Gasteiger partial charge in [-0.2, -0.15) is 0 Å². The maximum atomic E-state index is 12.4. The first-order chi connectivity index (χ1) is 10.1. The lowest BCUT2D eigenvalue weighted by Crippen LogP contribution is -2.14. The van der Waals surface area contributed by atoms with E-state index in [-0.39, 0.29) is 5.91 Å². The Labute approximate surface area is 137 Å². The second-order valence-corrected chi connectivity index (χ2v) is 6.10. The van der Waals surface area contributed by atoms with Crippen LogP contribution in [-0.2, 0) is 0 Å². The Bertz CT molecular complexity index is 734. The Morgan fingerprint density at radius 3 is 2.67 bits per heavy atom. The van der Waals surface area contributed by atoms with Gasteiger partial charge in [-0.15, -0.1) is 0 Å². The molecular weight excluding hydrogens is 404 g/mol. The SMILES string of the molecule is Cc1cccc(NC(=O)c2cc3c(cc2Br)ONO3)c1Br. The van der Waals surface area contributed by atoms with E-state index < -0.39 is 0 Å². The molecule has 2 N–H and O–H groups in total. The van der Waals surface area contributed by atoms with Gasteiger partial charge in [0.25, 0.3) is 5.91 Å². The summed E-state index contributed by atoms with van der Waals surface area (Å²) in [6, 6.07) is 8.96. The molecule has 2 aromatic rings. The minimum atomic E-state index is -0.244. The van der Waals surface area contributed by atoms with Gasteiger partial charge >= 0.3 is 0 Å². The molecular formula is C14H10Br2N2O3. The molecule has 1 heterocycles. The molecule has 0 saturated heterocycles. The number of halogens is 2. The first-order valence-electron chi connectivity index (χ1n) is 6.05. The summed E-state index contributed by atoms with van der Waals surface area (Å²) in [5, 5.41) is 2.87. The Morgan fingerprint density at radius 2 is 1.90 bits per heavy atom. The van der Waals surface area contributed by atoms with E-state index in [1.54, 1.807) is 12.1 Å². The van der Waals surface area contributed by atoms with Gasteiger partial charge in [0.2, 0.25) is 0 Å². The van der Waals surface area contributed by atoms with Crippen molar-refractivity contribution in [2.45, 2.75) is 6.92 Å². The smallest absolute Gasteiger partial charge is 0.256 e. The van der Waals surface area contributed by atoms with Crippen LogP contribution in [0.5, 0.6) is 11.5 Å². The maximum Gasteiger partial charge on any atom is 0.256 e. The highest BCUT2D eigenvalue weighted by atomic mass is 79.9. The molecule has 0 spiro atoms. The van der Waals surface area contributed by atoms with Crippen LogP contribution in [0.25, 0.3) is 0 Å². The number of hydrogen-bond donors (Lipinski definition) is 2. The van der Waals surface area contributed by atoms with Crippen LogP contribution in [0.15, 0.2) is 39.3 Å². The van der Waals surface area contributed by atoms with Crippen LogP contribution >= 0.6 is 31.9 Å². The Kier molecular flexibility index (Phi) is 3.88. The fourth-order valence-electron chi connectivity index (χ4n) is 1.91. The molecule has 1 amide bonds. The first-order valence-corrected chi connectivity index (χ1v) is 7.63. The molecule has 108 valence electrons. The average molecular weight is 414 g/mol. The minimum absolute atomic E-state index is 0.244. The van der Waals surface area contributed by atoms with Crippen LogP contribution in [-0.4, -0.2) is 5.91 Å². The molecule has 3 rings (SSSR count). The van der Waals surface area contributed by atoms with E-state index in [1.165, 1.54) is 0 Å². The number of nitrogens with one attached hydrogen (secondary N) is 2. The molecule has 2 aromatic carbocycles. The highest BCUT2D eigenvalue weighted by molar-refractivity contribution is 9.11. The van der Waals surface area contributed by atoms with Crippen molar-refractivity contribution in [3.05, 3.63) is 50.4 Å². The summed E-state index contributed by atoms with van der Waals surface area (Å²) >= 11 is 6.83. The molecule has 0 fully saturated rings. The van der Waals surface area contributed by atoms with Gasteiger partial charge in [-0.25, -0.2) is 0 Å². The Balaban J connectivity index is 1.91. The van der Waals surface area contributed by atoms with E-state index >= 15 is 0 Å². The molecule has 0 bridgehead atoms. The number of aryl methyl sites for hydroxylation is 1. The predicted molar refractivity (Wildman–Crippen MR) is 85.4 cm³/mol. The standard InChI is InChI=1S/C14H10Br2N2O3/c1-7-3-2-4-10(13(7)16)17-14(19)8-5-11-12(6-9(8)15)21-18-20-11/h2-6,18H,1H3,(H,17,19). The van der Waals surface area contributed by atoms with Gasteiger partial charge in [0.1, 0.15) is 0 Å². The molecule has 0 atom stereocenters. The van der Waals surface area contributed by atoms with E-state index in [4.69, 9.17) is 9.68 Å². The summed E-state index contributed by atoms with van der Waals surface area (Å²) in [5.74, 6) is 0.744. The van der Waals surface area contributed by atoms with Crippen LogP contribution in [0.3, 0.4) is 0 Å². The quantitative estimate of drug-likeness (QED) is 0.782.